The van der Waals surface area contributed by atoms with E-state index in [-0.39, 0.29) is 36.9 Å². The lowest BCUT2D eigenvalue weighted by atomic mass is 9.92. The quantitative estimate of drug-likeness (QED) is 0.623. The fraction of sp³-hybridized carbons (Fsp3) is 0.464. The number of likely N-dealkylation sites (N-methyl/N-ethyl adjacent to an activating group) is 1. The Morgan fingerprint density at radius 3 is 2.35 bits per heavy atom. The minimum atomic E-state index is -0.618. The van der Waals surface area contributed by atoms with E-state index in [0.717, 1.165) is 28.9 Å². The van der Waals surface area contributed by atoms with Crippen molar-refractivity contribution in [2.75, 3.05) is 27.2 Å². The first-order valence-electron chi connectivity index (χ1n) is 12.8. The van der Waals surface area contributed by atoms with Crippen LogP contribution in [0.2, 0.25) is 0 Å². The van der Waals surface area contributed by atoms with Crippen molar-refractivity contribution in [3.63, 3.8) is 0 Å². The monoisotopic (exact) mass is 507 g/mol. The molecule has 0 aromatic heterocycles. The van der Waals surface area contributed by atoms with E-state index >= 15 is 0 Å². The average molecular weight is 508 g/mol. The molecule has 2 aromatic rings. The number of rotatable bonds is 7. The van der Waals surface area contributed by atoms with Gasteiger partial charge in [-0.3, -0.25) is 9.59 Å². The number of urea groups is 1. The Hall–Kier alpha value is -3.59. The first kappa shape index (κ1) is 26.5. The van der Waals surface area contributed by atoms with Gasteiger partial charge in [0.25, 0.3) is 0 Å². The molecule has 9 nitrogen and oxygen atoms in total. The molecule has 37 heavy (non-hydrogen) atoms. The molecule has 0 aliphatic carbocycles. The minimum absolute atomic E-state index is 0.0324. The number of ether oxygens (including phenoxy) is 1. The Morgan fingerprint density at radius 2 is 1.73 bits per heavy atom. The number of nitrogens with one attached hydrogen (secondary N) is 1. The van der Waals surface area contributed by atoms with Crippen LogP contribution in [0.1, 0.15) is 37.0 Å². The lowest BCUT2D eigenvalue weighted by molar-refractivity contribution is -0.190. The SMILES string of the molecule is CCC(C)[C@H]1C(=O)N(Cc2ccc(C)cc2)C[C@H]2N1C(=O)CN(C)N2C(=O)NCc1ccc(OC)cc1. The van der Waals surface area contributed by atoms with Crippen LogP contribution in [-0.4, -0.2) is 77.1 Å². The van der Waals surface area contributed by atoms with Crippen LogP contribution in [0.5, 0.6) is 5.75 Å². The van der Waals surface area contributed by atoms with Crippen LogP contribution in [0.25, 0.3) is 0 Å². The number of fused-ring (bicyclic) bond motifs is 1. The Labute approximate surface area is 218 Å². The lowest BCUT2D eigenvalue weighted by Gasteiger charge is -2.55. The van der Waals surface area contributed by atoms with E-state index in [4.69, 9.17) is 4.74 Å². The number of aryl methyl sites for hydroxylation is 1. The van der Waals surface area contributed by atoms with Gasteiger partial charge in [-0.15, -0.1) is 0 Å². The lowest BCUT2D eigenvalue weighted by Crippen LogP contribution is -2.76. The number of hydrazine groups is 1. The highest BCUT2D eigenvalue weighted by atomic mass is 16.5. The van der Waals surface area contributed by atoms with Crippen molar-refractivity contribution in [1.82, 2.24) is 25.1 Å². The second-order valence-electron chi connectivity index (χ2n) is 9.98. The van der Waals surface area contributed by atoms with Gasteiger partial charge in [0.05, 0.1) is 20.2 Å². The predicted molar refractivity (Wildman–Crippen MR) is 140 cm³/mol. The van der Waals surface area contributed by atoms with Crippen molar-refractivity contribution in [2.45, 2.75) is 52.5 Å². The molecule has 2 aliphatic rings. The van der Waals surface area contributed by atoms with Gasteiger partial charge in [0.1, 0.15) is 18.0 Å². The first-order chi connectivity index (χ1) is 17.7. The first-order valence-corrected chi connectivity index (χ1v) is 12.8. The van der Waals surface area contributed by atoms with Crippen LogP contribution in [0, 0.1) is 12.8 Å². The van der Waals surface area contributed by atoms with Crippen molar-refractivity contribution in [2.24, 2.45) is 5.92 Å². The van der Waals surface area contributed by atoms with Gasteiger partial charge in [-0.2, -0.15) is 0 Å². The van der Waals surface area contributed by atoms with E-state index in [2.05, 4.69) is 5.32 Å². The molecule has 4 rings (SSSR count). The van der Waals surface area contributed by atoms with E-state index in [1.54, 1.807) is 34.0 Å². The summed E-state index contributed by atoms with van der Waals surface area (Å²) in [6, 6.07) is 14.7. The van der Waals surface area contributed by atoms with E-state index in [1.807, 2.05) is 69.3 Å². The van der Waals surface area contributed by atoms with Crippen LogP contribution in [-0.2, 0) is 22.7 Å². The fourth-order valence-corrected chi connectivity index (χ4v) is 5.05. The van der Waals surface area contributed by atoms with Crippen LogP contribution < -0.4 is 10.1 Å². The third-order valence-electron chi connectivity index (χ3n) is 7.36. The summed E-state index contributed by atoms with van der Waals surface area (Å²) < 4.78 is 5.21. The molecule has 9 heteroatoms. The third kappa shape index (κ3) is 5.56. The minimum Gasteiger partial charge on any atom is -0.497 e. The molecule has 2 aliphatic heterocycles. The number of piperazine rings is 1. The van der Waals surface area contributed by atoms with Crippen molar-refractivity contribution in [1.29, 1.82) is 0 Å². The highest BCUT2D eigenvalue weighted by molar-refractivity contribution is 5.91. The number of carbonyl (C=O) groups is 3. The summed E-state index contributed by atoms with van der Waals surface area (Å²) in [5, 5.41) is 6.23. The topological polar surface area (TPSA) is 85.4 Å². The molecule has 0 radical (unpaired) electrons. The molecule has 2 saturated heterocycles. The van der Waals surface area contributed by atoms with Crippen molar-refractivity contribution >= 4 is 17.8 Å². The summed E-state index contributed by atoms with van der Waals surface area (Å²) >= 11 is 0. The Balaban J connectivity index is 1.59. The van der Waals surface area contributed by atoms with Gasteiger partial charge in [0.2, 0.25) is 11.8 Å². The number of methoxy groups -OCH3 is 1. The van der Waals surface area contributed by atoms with E-state index in [1.165, 1.54) is 0 Å². The standard InChI is InChI=1S/C28H37N5O4/c1-6-20(3)26-27(35)31(16-22-9-7-19(2)8-10-22)17-24-32(26)25(34)18-30(4)33(24)28(36)29-15-21-11-13-23(37-5)14-12-21/h7-14,20,24,26H,6,15-18H2,1-5H3,(H,29,36)/t20?,24-,26-/m0/s1. The molecular formula is C28H37N5O4. The summed E-state index contributed by atoms with van der Waals surface area (Å²) in [5.74, 6) is 0.493. The van der Waals surface area contributed by atoms with Crippen LogP contribution >= 0.6 is 0 Å². The van der Waals surface area contributed by atoms with Gasteiger partial charge in [-0.25, -0.2) is 14.8 Å². The second kappa shape index (κ2) is 11.2. The molecule has 0 spiro atoms. The van der Waals surface area contributed by atoms with Crippen LogP contribution in [0.15, 0.2) is 48.5 Å². The average Bonchev–Trinajstić information content (AvgIpc) is 2.89. The Bertz CT molecular complexity index is 1120. The van der Waals surface area contributed by atoms with Crippen molar-refractivity contribution in [3.05, 3.63) is 65.2 Å². The molecule has 2 fully saturated rings. The predicted octanol–water partition coefficient (Wildman–Crippen LogP) is 2.99. The van der Waals surface area contributed by atoms with Gasteiger partial charge < -0.3 is 19.9 Å². The van der Waals surface area contributed by atoms with Crippen LogP contribution in [0.4, 0.5) is 4.79 Å². The fourth-order valence-electron chi connectivity index (χ4n) is 5.05. The summed E-state index contributed by atoms with van der Waals surface area (Å²) in [5.41, 5.74) is 3.09. The zero-order valence-electron chi connectivity index (χ0n) is 22.3. The molecule has 1 N–H and O–H groups in total. The third-order valence-corrected chi connectivity index (χ3v) is 7.36. The van der Waals surface area contributed by atoms with E-state index < -0.39 is 12.2 Å². The molecule has 0 bridgehead atoms. The Kier molecular flexibility index (Phi) is 8.02. The zero-order chi connectivity index (χ0) is 26.7. The maximum Gasteiger partial charge on any atom is 0.334 e. The number of amides is 4. The van der Waals surface area contributed by atoms with Gasteiger partial charge in [0, 0.05) is 20.1 Å². The van der Waals surface area contributed by atoms with Crippen molar-refractivity contribution in [3.8, 4) is 5.75 Å². The van der Waals surface area contributed by atoms with E-state index in [0.29, 0.717) is 13.1 Å². The molecule has 2 heterocycles. The summed E-state index contributed by atoms with van der Waals surface area (Å²) in [4.78, 5) is 43.9. The number of hydrogen-bond acceptors (Lipinski definition) is 5. The zero-order valence-corrected chi connectivity index (χ0v) is 22.3. The molecule has 1 unspecified atom stereocenters. The summed E-state index contributed by atoms with van der Waals surface area (Å²) in [6.45, 7) is 7.07. The van der Waals surface area contributed by atoms with E-state index in [9.17, 15) is 14.4 Å². The molecule has 4 amide bonds. The van der Waals surface area contributed by atoms with Gasteiger partial charge in [-0.1, -0.05) is 62.2 Å². The normalized spacial score (nSPS) is 21.1. The maximum atomic E-state index is 13.7. The van der Waals surface area contributed by atoms with Crippen molar-refractivity contribution < 1.29 is 19.1 Å². The van der Waals surface area contributed by atoms with Gasteiger partial charge >= 0.3 is 6.03 Å². The van der Waals surface area contributed by atoms with Gasteiger partial charge in [-0.05, 0) is 36.1 Å². The molecule has 0 saturated carbocycles. The molecule has 3 atom stereocenters. The smallest absolute Gasteiger partial charge is 0.334 e. The number of carbonyl (C=O) groups excluding carboxylic acids is 3. The van der Waals surface area contributed by atoms with Gasteiger partial charge in [0.15, 0.2) is 0 Å². The summed E-state index contributed by atoms with van der Waals surface area (Å²) in [6.07, 6.45) is 0.148. The largest absolute Gasteiger partial charge is 0.497 e. The second-order valence-corrected chi connectivity index (χ2v) is 9.98. The molecule has 198 valence electrons. The number of benzene rings is 2. The highest BCUT2D eigenvalue weighted by Gasteiger charge is 2.51. The molecule has 2 aromatic carbocycles. The summed E-state index contributed by atoms with van der Waals surface area (Å²) in [7, 11) is 3.35. The highest BCUT2D eigenvalue weighted by Crippen LogP contribution is 2.31. The number of hydrogen-bond donors (Lipinski definition) is 1. The Morgan fingerprint density at radius 1 is 1.08 bits per heavy atom. The number of nitrogens with zero attached hydrogens (tertiary/aromatic N) is 4. The maximum absolute atomic E-state index is 13.7. The molecular weight excluding hydrogens is 470 g/mol. The van der Waals surface area contributed by atoms with Crippen LogP contribution in [0.3, 0.4) is 0 Å².